The van der Waals surface area contributed by atoms with E-state index >= 15 is 0 Å². The van der Waals surface area contributed by atoms with E-state index in [9.17, 15) is 9.18 Å². The monoisotopic (exact) mass is 331 g/mol. The van der Waals surface area contributed by atoms with Crippen LogP contribution in [0.2, 0.25) is 0 Å². The van der Waals surface area contributed by atoms with Gasteiger partial charge in [-0.05, 0) is 18.9 Å². The summed E-state index contributed by atoms with van der Waals surface area (Å²) in [5, 5.41) is 13.9. The summed E-state index contributed by atoms with van der Waals surface area (Å²) >= 11 is 0. The average molecular weight is 331 g/mol. The van der Waals surface area contributed by atoms with E-state index in [1.807, 2.05) is 0 Å². The fraction of sp³-hybridized carbons (Fsp3) is 0.471. The number of benzene rings is 1. The summed E-state index contributed by atoms with van der Waals surface area (Å²) in [6.07, 6.45) is 5.15. The number of carbonyl (C=O) groups excluding carboxylic acids is 1. The van der Waals surface area contributed by atoms with Crippen LogP contribution in [0.1, 0.15) is 36.5 Å². The lowest BCUT2D eigenvalue weighted by Gasteiger charge is -2.09. The van der Waals surface area contributed by atoms with Gasteiger partial charge in [0.05, 0.1) is 0 Å². The molecule has 3 rings (SSSR count). The van der Waals surface area contributed by atoms with Crippen molar-refractivity contribution in [3.8, 4) is 0 Å². The van der Waals surface area contributed by atoms with Gasteiger partial charge in [-0.15, -0.1) is 10.2 Å². The minimum Gasteiger partial charge on any atom is -0.338 e. The van der Waals surface area contributed by atoms with Gasteiger partial charge in [0.1, 0.15) is 17.5 Å². The fourth-order valence-corrected chi connectivity index (χ4v) is 2.90. The third-order valence-corrected chi connectivity index (χ3v) is 4.22. The van der Waals surface area contributed by atoms with Crippen molar-refractivity contribution in [1.29, 1.82) is 0 Å². The number of carbonyl (C=O) groups is 1. The highest BCUT2D eigenvalue weighted by Crippen LogP contribution is 2.14. The summed E-state index contributed by atoms with van der Waals surface area (Å²) < 4.78 is 15.7. The second-order valence-corrected chi connectivity index (χ2v) is 5.95. The van der Waals surface area contributed by atoms with E-state index in [0.29, 0.717) is 18.5 Å². The summed E-state index contributed by atoms with van der Waals surface area (Å²) in [6.45, 7) is 1.59. The van der Waals surface area contributed by atoms with Gasteiger partial charge in [-0.1, -0.05) is 24.6 Å². The van der Waals surface area contributed by atoms with Gasteiger partial charge in [0, 0.05) is 38.0 Å². The van der Waals surface area contributed by atoms with E-state index in [4.69, 9.17) is 0 Å². The lowest BCUT2D eigenvalue weighted by molar-refractivity contribution is 0.240. The SMILES string of the molecule is O=C(NCCc1nnc2n1CCCCC2)NCc1ccccc1F. The van der Waals surface area contributed by atoms with Crippen LogP contribution in [-0.4, -0.2) is 27.3 Å². The molecule has 24 heavy (non-hydrogen) atoms. The van der Waals surface area contributed by atoms with Crippen LogP contribution < -0.4 is 10.6 Å². The zero-order valence-corrected chi connectivity index (χ0v) is 13.6. The Hall–Kier alpha value is -2.44. The summed E-state index contributed by atoms with van der Waals surface area (Å²) in [4.78, 5) is 11.8. The highest BCUT2D eigenvalue weighted by atomic mass is 19.1. The number of fused-ring (bicyclic) bond motifs is 1. The van der Waals surface area contributed by atoms with E-state index in [-0.39, 0.29) is 18.4 Å². The number of aromatic nitrogens is 3. The normalized spacial score (nSPS) is 13.9. The number of nitrogens with one attached hydrogen (secondary N) is 2. The van der Waals surface area contributed by atoms with Crippen LogP contribution in [0, 0.1) is 5.82 Å². The van der Waals surface area contributed by atoms with E-state index in [1.54, 1.807) is 18.2 Å². The molecule has 1 aliphatic rings. The second kappa shape index (κ2) is 7.90. The average Bonchev–Trinajstić information content (AvgIpc) is 2.81. The van der Waals surface area contributed by atoms with Crippen molar-refractivity contribution >= 4 is 6.03 Å². The van der Waals surface area contributed by atoms with Gasteiger partial charge in [0.15, 0.2) is 0 Å². The molecule has 0 spiro atoms. The molecule has 0 fully saturated rings. The lowest BCUT2D eigenvalue weighted by atomic mass is 10.2. The van der Waals surface area contributed by atoms with Crippen LogP contribution in [0.5, 0.6) is 0 Å². The molecule has 2 heterocycles. The molecule has 2 N–H and O–H groups in total. The maximum Gasteiger partial charge on any atom is 0.315 e. The van der Waals surface area contributed by atoms with Gasteiger partial charge in [-0.3, -0.25) is 0 Å². The molecule has 1 aromatic carbocycles. The molecule has 0 bridgehead atoms. The quantitative estimate of drug-likeness (QED) is 0.882. The highest BCUT2D eigenvalue weighted by Gasteiger charge is 2.14. The van der Waals surface area contributed by atoms with E-state index < -0.39 is 0 Å². The van der Waals surface area contributed by atoms with Crippen LogP contribution in [0.15, 0.2) is 24.3 Å². The first kappa shape index (κ1) is 16.4. The van der Waals surface area contributed by atoms with Gasteiger partial charge in [-0.2, -0.15) is 0 Å². The zero-order chi connectivity index (χ0) is 16.8. The van der Waals surface area contributed by atoms with Gasteiger partial charge >= 0.3 is 6.03 Å². The molecule has 0 radical (unpaired) electrons. The standard InChI is InChI=1S/C17H22FN5O/c18-14-7-4-3-6-13(14)12-20-17(24)19-10-9-16-22-21-15-8-2-1-5-11-23(15)16/h3-4,6-7H,1-2,5,8-12H2,(H2,19,20,24). The molecule has 0 unspecified atom stereocenters. The lowest BCUT2D eigenvalue weighted by Crippen LogP contribution is -2.36. The number of amides is 2. The Balaban J connectivity index is 1.44. The van der Waals surface area contributed by atoms with Crippen molar-refractivity contribution in [2.24, 2.45) is 0 Å². The van der Waals surface area contributed by atoms with Crippen molar-refractivity contribution in [2.75, 3.05) is 6.54 Å². The molecule has 0 saturated carbocycles. The largest absolute Gasteiger partial charge is 0.338 e. The molecular weight excluding hydrogens is 309 g/mol. The molecule has 2 aromatic rings. The van der Waals surface area contributed by atoms with Crippen LogP contribution >= 0.6 is 0 Å². The predicted octanol–water partition coefficient (Wildman–Crippen LogP) is 2.19. The maximum absolute atomic E-state index is 13.5. The number of hydrogen-bond donors (Lipinski definition) is 2. The number of rotatable bonds is 5. The Kier molecular flexibility index (Phi) is 5.40. The molecule has 128 valence electrons. The number of aryl methyl sites for hydroxylation is 1. The van der Waals surface area contributed by atoms with Gasteiger partial charge in [0.2, 0.25) is 0 Å². The minimum absolute atomic E-state index is 0.166. The number of hydrogen-bond acceptors (Lipinski definition) is 3. The van der Waals surface area contributed by atoms with Crippen molar-refractivity contribution in [1.82, 2.24) is 25.4 Å². The summed E-state index contributed by atoms with van der Waals surface area (Å²) in [5.74, 6) is 1.65. The second-order valence-electron chi connectivity index (χ2n) is 5.95. The Morgan fingerprint density at radius 3 is 2.92 bits per heavy atom. The zero-order valence-electron chi connectivity index (χ0n) is 13.6. The number of urea groups is 1. The summed E-state index contributed by atoms with van der Waals surface area (Å²) in [7, 11) is 0. The molecule has 0 saturated heterocycles. The van der Waals surface area contributed by atoms with Crippen molar-refractivity contribution in [2.45, 2.75) is 45.2 Å². The maximum atomic E-state index is 13.5. The van der Waals surface area contributed by atoms with Crippen molar-refractivity contribution < 1.29 is 9.18 Å². The van der Waals surface area contributed by atoms with Gasteiger partial charge < -0.3 is 15.2 Å². The highest BCUT2D eigenvalue weighted by molar-refractivity contribution is 5.73. The van der Waals surface area contributed by atoms with E-state index in [1.165, 1.54) is 12.5 Å². The topological polar surface area (TPSA) is 71.8 Å². The van der Waals surface area contributed by atoms with Crippen molar-refractivity contribution in [3.63, 3.8) is 0 Å². The van der Waals surface area contributed by atoms with Gasteiger partial charge in [-0.25, -0.2) is 9.18 Å². The Morgan fingerprint density at radius 1 is 1.17 bits per heavy atom. The van der Waals surface area contributed by atoms with Crippen molar-refractivity contribution in [3.05, 3.63) is 47.3 Å². The third kappa shape index (κ3) is 4.10. The summed E-state index contributed by atoms with van der Waals surface area (Å²) in [6, 6.07) is 6.09. The van der Waals surface area contributed by atoms with Crippen LogP contribution in [0.25, 0.3) is 0 Å². The van der Waals surface area contributed by atoms with Crippen LogP contribution in [0.4, 0.5) is 9.18 Å². The van der Waals surface area contributed by atoms with E-state index in [0.717, 1.165) is 37.5 Å². The molecule has 1 aliphatic heterocycles. The molecule has 1 aromatic heterocycles. The summed E-state index contributed by atoms with van der Waals surface area (Å²) in [5.41, 5.74) is 0.468. The molecule has 6 nitrogen and oxygen atoms in total. The smallest absolute Gasteiger partial charge is 0.315 e. The van der Waals surface area contributed by atoms with Gasteiger partial charge in [0.25, 0.3) is 0 Å². The first-order chi connectivity index (χ1) is 11.7. The van der Waals surface area contributed by atoms with Crippen LogP contribution in [0.3, 0.4) is 0 Å². The Morgan fingerprint density at radius 2 is 2.04 bits per heavy atom. The third-order valence-electron chi connectivity index (χ3n) is 4.22. The number of halogens is 1. The molecule has 2 amide bonds. The Bertz CT molecular complexity index is 700. The van der Waals surface area contributed by atoms with Crippen LogP contribution in [-0.2, 0) is 25.9 Å². The molecular formula is C17H22FN5O. The minimum atomic E-state index is -0.316. The van der Waals surface area contributed by atoms with E-state index in [2.05, 4.69) is 25.4 Å². The number of nitrogens with zero attached hydrogens (tertiary/aromatic N) is 3. The first-order valence-electron chi connectivity index (χ1n) is 8.40. The molecule has 7 heteroatoms. The molecule has 0 atom stereocenters. The fourth-order valence-electron chi connectivity index (χ4n) is 2.90. The predicted molar refractivity (Wildman–Crippen MR) is 87.9 cm³/mol. The Labute approximate surface area is 140 Å². The first-order valence-corrected chi connectivity index (χ1v) is 8.40. The molecule has 0 aliphatic carbocycles.